The average molecular weight is 387 g/mol. The topological polar surface area (TPSA) is 57.7 Å². The van der Waals surface area contributed by atoms with Crippen LogP contribution in [0.2, 0.25) is 0 Å². The summed E-state index contributed by atoms with van der Waals surface area (Å²) in [6.45, 7) is 5.38. The monoisotopic (exact) mass is 386 g/mol. The van der Waals surface area contributed by atoms with Crippen molar-refractivity contribution in [1.29, 1.82) is 0 Å². The van der Waals surface area contributed by atoms with Crippen LogP contribution >= 0.6 is 11.6 Å². The molecule has 4 rings (SSSR count). The van der Waals surface area contributed by atoms with Gasteiger partial charge in [0.25, 0.3) is 0 Å². The molecule has 5 nitrogen and oxygen atoms in total. The maximum atomic E-state index is 6.23. The van der Waals surface area contributed by atoms with Gasteiger partial charge in [0, 0.05) is 5.03 Å². The van der Waals surface area contributed by atoms with E-state index < -0.39 is 0 Å². The quantitative estimate of drug-likeness (QED) is 0.686. The van der Waals surface area contributed by atoms with Gasteiger partial charge in [0.1, 0.15) is 18.2 Å². The summed E-state index contributed by atoms with van der Waals surface area (Å²) in [5.74, 6) is 2.27. The third-order valence-corrected chi connectivity index (χ3v) is 5.99. The van der Waals surface area contributed by atoms with Crippen LogP contribution in [-0.4, -0.2) is 37.6 Å². The number of hydrogen-bond donors (Lipinski definition) is 3. The molecule has 1 aromatic rings. The molecule has 1 aliphatic carbocycles. The maximum Gasteiger partial charge on any atom is 0.128 e. The van der Waals surface area contributed by atoms with Crippen LogP contribution in [-0.2, 0) is 4.74 Å². The number of benzene rings is 1. The van der Waals surface area contributed by atoms with E-state index in [2.05, 4.69) is 47.1 Å². The zero-order chi connectivity index (χ0) is 18.7. The van der Waals surface area contributed by atoms with Gasteiger partial charge in [-0.25, -0.2) is 4.99 Å². The number of allylic oxidation sites excluding steroid dienone is 3. The molecule has 0 bridgehead atoms. The maximum absolute atomic E-state index is 6.23. The molecule has 2 aliphatic heterocycles. The van der Waals surface area contributed by atoms with Gasteiger partial charge in [-0.15, -0.1) is 0 Å². The van der Waals surface area contributed by atoms with Crippen LogP contribution in [0.1, 0.15) is 26.2 Å². The number of fused-ring (bicyclic) bond motifs is 1. The van der Waals surface area contributed by atoms with Crippen molar-refractivity contribution in [2.24, 2.45) is 10.9 Å². The van der Waals surface area contributed by atoms with Crippen molar-refractivity contribution in [3.63, 3.8) is 0 Å². The first-order valence-corrected chi connectivity index (χ1v) is 10.2. The molecule has 144 valence electrons. The zero-order valence-electron chi connectivity index (χ0n) is 15.7. The molecule has 2 heterocycles. The molecule has 1 unspecified atom stereocenters. The van der Waals surface area contributed by atoms with Crippen LogP contribution in [0.4, 0.5) is 11.4 Å². The highest BCUT2D eigenvalue weighted by Gasteiger charge is 2.40. The largest absolute Gasteiger partial charge is 0.492 e. The third-order valence-electron chi connectivity index (χ3n) is 5.51. The first-order chi connectivity index (χ1) is 13.2. The molecule has 6 heteroatoms. The Hall–Kier alpha value is -1.98. The van der Waals surface area contributed by atoms with Crippen LogP contribution in [0, 0.1) is 5.92 Å². The molecule has 0 aromatic heterocycles. The lowest BCUT2D eigenvalue weighted by atomic mass is 9.85. The van der Waals surface area contributed by atoms with Gasteiger partial charge >= 0.3 is 0 Å². The molecule has 1 fully saturated rings. The van der Waals surface area contributed by atoms with Gasteiger partial charge in [-0.3, -0.25) is 0 Å². The summed E-state index contributed by atoms with van der Waals surface area (Å²) in [7, 11) is 0. The molecule has 1 saturated heterocycles. The van der Waals surface area contributed by atoms with Crippen molar-refractivity contribution in [3.05, 3.63) is 47.2 Å². The lowest BCUT2D eigenvalue weighted by molar-refractivity contribution is 0.225. The van der Waals surface area contributed by atoms with E-state index in [-0.39, 0.29) is 5.54 Å². The molecule has 3 aliphatic rings. The zero-order valence-corrected chi connectivity index (χ0v) is 16.5. The summed E-state index contributed by atoms with van der Waals surface area (Å²) in [5, 5.41) is 11.6. The third kappa shape index (κ3) is 3.99. The second-order valence-electron chi connectivity index (χ2n) is 7.48. The second kappa shape index (κ2) is 7.95. The Morgan fingerprint density at radius 3 is 2.93 bits per heavy atom. The Bertz CT molecular complexity index is 780. The number of aliphatic imine (C=N–C) groups is 1. The molecule has 1 atom stereocenters. The molecular weight excluding hydrogens is 360 g/mol. The highest BCUT2D eigenvalue weighted by molar-refractivity contribution is 6.30. The van der Waals surface area contributed by atoms with Crippen LogP contribution in [0.15, 0.2) is 52.2 Å². The minimum Gasteiger partial charge on any atom is -0.492 e. The number of piperidine rings is 1. The van der Waals surface area contributed by atoms with Gasteiger partial charge in [0.2, 0.25) is 0 Å². The van der Waals surface area contributed by atoms with Crippen LogP contribution in [0.25, 0.3) is 0 Å². The number of rotatable bonds is 4. The van der Waals surface area contributed by atoms with E-state index in [4.69, 9.17) is 21.3 Å². The number of nitrogens with one attached hydrogen (secondary N) is 3. The van der Waals surface area contributed by atoms with Gasteiger partial charge in [-0.05, 0) is 62.6 Å². The molecular formula is C21H27ClN4O. The second-order valence-corrected chi connectivity index (χ2v) is 7.92. The number of para-hydroxylation sites is 2. The standard InChI is InChI=1S/C21H27ClN4O/c1-15-6-7-16(14-17(15)22)27-13-12-24-20-21(8-10-23-11-9-21)26-19-5-3-2-4-18(19)25-20/h2-5,7,14-15,23,26H,6,8-13H2,1H3,(H,24,25). The smallest absolute Gasteiger partial charge is 0.128 e. The van der Waals surface area contributed by atoms with Crippen LogP contribution in [0.3, 0.4) is 0 Å². The number of hydrogen-bond acceptors (Lipinski definition) is 5. The summed E-state index contributed by atoms with van der Waals surface area (Å²) in [6, 6.07) is 8.24. The summed E-state index contributed by atoms with van der Waals surface area (Å²) in [5.41, 5.74) is 1.98. The van der Waals surface area contributed by atoms with Gasteiger partial charge in [-0.2, -0.15) is 0 Å². The minimum atomic E-state index is -0.123. The Labute approximate surface area is 165 Å². The van der Waals surface area contributed by atoms with E-state index >= 15 is 0 Å². The fourth-order valence-electron chi connectivity index (χ4n) is 3.83. The van der Waals surface area contributed by atoms with Crippen molar-refractivity contribution in [2.45, 2.75) is 31.7 Å². The predicted molar refractivity (Wildman–Crippen MR) is 112 cm³/mol. The Morgan fingerprint density at radius 2 is 2.11 bits per heavy atom. The highest BCUT2D eigenvalue weighted by atomic mass is 35.5. The van der Waals surface area contributed by atoms with Gasteiger partial charge in [-0.1, -0.05) is 30.7 Å². The van der Waals surface area contributed by atoms with Gasteiger partial charge < -0.3 is 20.7 Å². The lowest BCUT2D eigenvalue weighted by Crippen LogP contribution is -2.59. The Kier molecular flexibility index (Phi) is 5.41. The van der Waals surface area contributed by atoms with Crippen LogP contribution < -0.4 is 16.0 Å². The molecule has 0 saturated carbocycles. The van der Waals surface area contributed by atoms with E-state index in [0.29, 0.717) is 19.1 Å². The molecule has 27 heavy (non-hydrogen) atoms. The first kappa shape index (κ1) is 18.4. The van der Waals surface area contributed by atoms with Crippen molar-refractivity contribution in [3.8, 4) is 0 Å². The fraction of sp³-hybridized carbons (Fsp3) is 0.476. The summed E-state index contributed by atoms with van der Waals surface area (Å²) in [6.07, 6.45) is 6.99. The van der Waals surface area contributed by atoms with Gasteiger partial charge in [0.05, 0.1) is 23.5 Å². The molecule has 0 amide bonds. The molecule has 0 radical (unpaired) electrons. The van der Waals surface area contributed by atoms with Crippen LogP contribution in [0.5, 0.6) is 0 Å². The van der Waals surface area contributed by atoms with Crippen molar-refractivity contribution in [1.82, 2.24) is 10.6 Å². The number of halogens is 1. The van der Waals surface area contributed by atoms with E-state index in [1.807, 2.05) is 12.1 Å². The van der Waals surface area contributed by atoms with E-state index in [1.165, 1.54) is 0 Å². The molecule has 1 spiro atoms. The Morgan fingerprint density at radius 1 is 1.30 bits per heavy atom. The van der Waals surface area contributed by atoms with Crippen molar-refractivity contribution >= 4 is 28.8 Å². The summed E-state index contributed by atoms with van der Waals surface area (Å²) < 4.78 is 5.89. The number of anilines is 1. The van der Waals surface area contributed by atoms with Crippen molar-refractivity contribution < 1.29 is 4.74 Å². The predicted octanol–water partition coefficient (Wildman–Crippen LogP) is 3.92. The summed E-state index contributed by atoms with van der Waals surface area (Å²) in [4.78, 5) is 4.94. The normalized spacial score (nSPS) is 23.5. The summed E-state index contributed by atoms with van der Waals surface area (Å²) >= 11 is 6.23. The average Bonchev–Trinajstić information content (AvgIpc) is 2.69. The first-order valence-electron chi connectivity index (χ1n) is 9.77. The fourth-order valence-corrected chi connectivity index (χ4v) is 4.02. The number of ether oxygens (including phenoxy) is 1. The Balaban J connectivity index is 1.41. The van der Waals surface area contributed by atoms with E-state index in [1.54, 1.807) is 0 Å². The number of amidine groups is 1. The van der Waals surface area contributed by atoms with Crippen molar-refractivity contribution in [2.75, 3.05) is 31.6 Å². The lowest BCUT2D eigenvalue weighted by Gasteiger charge is -2.42. The highest BCUT2D eigenvalue weighted by Crippen LogP contribution is 2.36. The van der Waals surface area contributed by atoms with Gasteiger partial charge in [0.15, 0.2) is 0 Å². The SMILES string of the molecule is CC1CC=C(OCCNC2=Nc3ccccc3NC23CCNCC3)C=C1Cl. The minimum absolute atomic E-state index is 0.123. The number of nitrogens with zero attached hydrogens (tertiary/aromatic N) is 1. The van der Waals surface area contributed by atoms with E-state index in [0.717, 1.165) is 60.4 Å². The van der Waals surface area contributed by atoms with E-state index in [9.17, 15) is 0 Å². The molecule has 3 N–H and O–H groups in total. The molecule has 1 aromatic carbocycles.